The van der Waals surface area contributed by atoms with E-state index < -0.39 is 59.7 Å². The molecule has 0 aliphatic heterocycles. The molecule has 3 atom stereocenters. The number of nitrogens with one attached hydrogen (secondary N) is 2. The van der Waals surface area contributed by atoms with Crippen LogP contribution in [0.15, 0.2) is 72.8 Å². The van der Waals surface area contributed by atoms with Gasteiger partial charge < -0.3 is 30.1 Å². The number of phenolic OH excluding ortho intramolecular Hbond substituents is 1. The van der Waals surface area contributed by atoms with E-state index in [1.54, 1.807) is 79.7 Å². The Hall–Kier alpha value is -5.37. The number of carbonyl (C=O) groups excluding carboxylic acids is 4. The highest BCUT2D eigenvalue weighted by molar-refractivity contribution is 5.94. The first-order valence-electron chi connectivity index (χ1n) is 16.5. The fraction of sp³-hybridized carbons (Fsp3) is 0.410. The Morgan fingerprint density at radius 3 is 1.84 bits per heavy atom. The van der Waals surface area contributed by atoms with E-state index >= 15 is 0 Å². The van der Waals surface area contributed by atoms with Gasteiger partial charge in [0.1, 0.15) is 41.6 Å². The van der Waals surface area contributed by atoms with Crippen LogP contribution in [0.5, 0.6) is 5.75 Å². The Morgan fingerprint density at radius 1 is 0.760 bits per heavy atom. The summed E-state index contributed by atoms with van der Waals surface area (Å²) in [5.74, 6) is -2.09. The van der Waals surface area contributed by atoms with Gasteiger partial charge in [-0.15, -0.1) is 0 Å². The third kappa shape index (κ3) is 11.7. The van der Waals surface area contributed by atoms with Gasteiger partial charge in [0.05, 0.1) is 6.07 Å². The van der Waals surface area contributed by atoms with E-state index in [1.807, 2.05) is 42.5 Å². The summed E-state index contributed by atoms with van der Waals surface area (Å²) in [6.45, 7) is 13.3. The molecular weight excluding hydrogens is 636 g/mol. The van der Waals surface area contributed by atoms with Crippen molar-refractivity contribution in [2.75, 3.05) is 6.54 Å². The minimum atomic E-state index is -1.38. The molecule has 3 amide bonds. The van der Waals surface area contributed by atoms with Crippen molar-refractivity contribution in [3.63, 3.8) is 0 Å². The zero-order chi connectivity index (χ0) is 37.2. The molecule has 0 aromatic heterocycles. The number of nitrogens with zero attached hydrogens (tertiary/aromatic N) is 2. The van der Waals surface area contributed by atoms with E-state index in [4.69, 9.17) is 9.47 Å². The molecule has 0 bridgehead atoms. The molecular formula is C39H48N4O7. The summed E-state index contributed by atoms with van der Waals surface area (Å²) >= 11 is 0. The van der Waals surface area contributed by atoms with E-state index in [-0.39, 0.29) is 18.6 Å². The molecule has 0 saturated carbocycles. The summed E-state index contributed by atoms with van der Waals surface area (Å²) in [7, 11) is 0. The van der Waals surface area contributed by atoms with Crippen LogP contribution in [0.25, 0.3) is 0 Å². The molecule has 0 spiro atoms. The van der Waals surface area contributed by atoms with Gasteiger partial charge in [0.25, 0.3) is 0 Å². The lowest BCUT2D eigenvalue weighted by molar-refractivity contribution is -0.159. The molecule has 0 radical (unpaired) electrons. The molecule has 3 rings (SSSR count). The molecule has 0 heterocycles. The van der Waals surface area contributed by atoms with Crippen LogP contribution in [0.1, 0.15) is 75.4 Å². The zero-order valence-corrected chi connectivity index (χ0v) is 30.1. The van der Waals surface area contributed by atoms with Crippen molar-refractivity contribution >= 4 is 23.9 Å². The number of rotatable bonds is 12. The number of phenols is 1. The third-order valence-electron chi connectivity index (χ3n) is 7.56. The van der Waals surface area contributed by atoms with Crippen LogP contribution >= 0.6 is 0 Å². The second-order valence-corrected chi connectivity index (χ2v) is 14.2. The number of aromatic hydroxyl groups is 1. The van der Waals surface area contributed by atoms with Crippen molar-refractivity contribution in [1.29, 1.82) is 5.26 Å². The Morgan fingerprint density at radius 2 is 1.30 bits per heavy atom. The summed E-state index contributed by atoms with van der Waals surface area (Å²) in [6.07, 6.45) is -0.806. The van der Waals surface area contributed by atoms with Crippen molar-refractivity contribution in [2.45, 2.75) is 97.6 Å². The van der Waals surface area contributed by atoms with E-state index in [2.05, 4.69) is 10.6 Å². The largest absolute Gasteiger partial charge is 0.508 e. The van der Waals surface area contributed by atoms with Crippen LogP contribution in [0, 0.1) is 25.2 Å². The minimum absolute atomic E-state index is 0.0182. The average molecular weight is 685 g/mol. The third-order valence-corrected chi connectivity index (χ3v) is 7.56. The number of hydrogen-bond donors (Lipinski definition) is 3. The molecule has 266 valence electrons. The predicted molar refractivity (Wildman–Crippen MR) is 189 cm³/mol. The molecule has 0 aliphatic carbocycles. The lowest BCUT2D eigenvalue weighted by Gasteiger charge is -2.35. The SMILES string of the molecule is Cc1cccc(C)c1C(C(=O)NC(Cc1ccccc1)C(=O)OC(C)(C)C)N(CC#N)C(=O)C(Cc1ccc(O)cc1)NC(=O)OC(C)(C)C. The van der Waals surface area contributed by atoms with Crippen LogP contribution in [-0.4, -0.2) is 63.7 Å². The zero-order valence-electron chi connectivity index (χ0n) is 30.1. The molecule has 0 fully saturated rings. The van der Waals surface area contributed by atoms with Crippen LogP contribution in [0.4, 0.5) is 4.79 Å². The van der Waals surface area contributed by atoms with Gasteiger partial charge in [0.15, 0.2) is 0 Å². The molecule has 0 saturated heterocycles. The van der Waals surface area contributed by atoms with Crippen molar-refractivity contribution < 1.29 is 33.8 Å². The van der Waals surface area contributed by atoms with Crippen molar-refractivity contribution in [1.82, 2.24) is 15.5 Å². The monoisotopic (exact) mass is 684 g/mol. The summed E-state index contributed by atoms with van der Waals surface area (Å²) < 4.78 is 11.2. The number of aryl methyl sites for hydroxylation is 2. The second kappa shape index (κ2) is 16.8. The molecule has 3 N–H and O–H groups in total. The number of amides is 3. The summed E-state index contributed by atoms with van der Waals surface area (Å²) in [4.78, 5) is 56.9. The van der Waals surface area contributed by atoms with Crippen LogP contribution < -0.4 is 10.6 Å². The van der Waals surface area contributed by atoms with Gasteiger partial charge >= 0.3 is 12.1 Å². The molecule has 50 heavy (non-hydrogen) atoms. The van der Waals surface area contributed by atoms with Crippen molar-refractivity contribution in [2.24, 2.45) is 0 Å². The van der Waals surface area contributed by atoms with Gasteiger partial charge in [-0.25, -0.2) is 9.59 Å². The van der Waals surface area contributed by atoms with Gasteiger partial charge in [-0.05, 0) is 95.3 Å². The van der Waals surface area contributed by atoms with Crippen LogP contribution in [0.2, 0.25) is 0 Å². The Kier molecular flexibility index (Phi) is 13.2. The lowest BCUT2D eigenvalue weighted by atomic mass is 9.92. The van der Waals surface area contributed by atoms with E-state index in [9.17, 15) is 29.5 Å². The summed E-state index contributed by atoms with van der Waals surface area (Å²) in [6, 6.07) is 18.9. The maximum absolute atomic E-state index is 14.6. The van der Waals surface area contributed by atoms with Gasteiger partial charge in [-0.2, -0.15) is 5.26 Å². The van der Waals surface area contributed by atoms with Crippen LogP contribution in [0.3, 0.4) is 0 Å². The first kappa shape index (κ1) is 39.1. The highest BCUT2D eigenvalue weighted by atomic mass is 16.6. The quantitative estimate of drug-likeness (QED) is 0.164. The molecule has 3 aromatic carbocycles. The predicted octanol–water partition coefficient (Wildman–Crippen LogP) is 5.61. The number of benzene rings is 3. The first-order chi connectivity index (χ1) is 23.4. The number of alkyl carbamates (subject to hydrolysis) is 1. The molecule has 0 aliphatic rings. The fourth-order valence-electron chi connectivity index (χ4n) is 5.44. The Bertz CT molecular complexity index is 1670. The highest BCUT2D eigenvalue weighted by Crippen LogP contribution is 2.29. The van der Waals surface area contributed by atoms with Gasteiger partial charge in [-0.3, -0.25) is 9.59 Å². The maximum atomic E-state index is 14.6. The molecule has 11 heteroatoms. The topological polar surface area (TPSA) is 158 Å². The van der Waals surface area contributed by atoms with E-state index in [0.29, 0.717) is 22.3 Å². The Labute approximate surface area is 294 Å². The number of hydrogen-bond acceptors (Lipinski definition) is 8. The average Bonchev–Trinajstić information content (AvgIpc) is 3.01. The lowest BCUT2D eigenvalue weighted by Crippen LogP contribution is -2.55. The van der Waals surface area contributed by atoms with Gasteiger partial charge in [0.2, 0.25) is 11.8 Å². The number of carbonyl (C=O) groups is 4. The van der Waals surface area contributed by atoms with Crippen molar-refractivity contribution in [3.8, 4) is 11.8 Å². The van der Waals surface area contributed by atoms with Gasteiger partial charge in [0, 0.05) is 12.8 Å². The maximum Gasteiger partial charge on any atom is 0.408 e. The number of esters is 1. The van der Waals surface area contributed by atoms with E-state index in [0.717, 1.165) is 10.5 Å². The number of nitriles is 1. The highest BCUT2D eigenvalue weighted by Gasteiger charge is 2.39. The van der Waals surface area contributed by atoms with Crippen molar-refractivity contribution in [3.05, 3.63) is 101 Å². The minimum Gasteiger partial charge on any atom is -0.508 e. The molecule has 3 aromatic rings. The first-order valence-corrected chi connectivity index (χ1v) is 16.5. The normalized spacial score (nSPS) is 13.2. The Balaban J connectivity index is 2.14. The number of ether oxygens (including phenoxy) is 2. The molecule has 3 unspecified atom stereocenters. The molecule has 11 nitrogen and oxygen atoms in total. The van der Waals surface area contributed by atoms with Crippen LogP contribution in [-0.2, 0) is 36.7 Å². The smallest absolute Gasteiger partial charge is 0.408 e. The van der Waals surface area contributed by atoms with Gasteiger partial charge in [-0.1, -0.05) is 60.7 Å². The second-order valence-electron chi connectivity index (χ2n) is 14.2. The summed E-state index contributed by atoms with van der Waals surface area (Å²) in [5, 5.41) is 25.4. The van der Waals surface area contributed by atoms with E-state index in [1.165, 1.54) is 12.1 Å². The standard InChI is InChI=1S/C39H48N4O7/c1-25-13-12-14-26(2)32(25)33(34(45)41-31(36(47)49-38(3,4)5)24-27-15-10-9-11-16-27)43(22-21-40)35(46)30(42-37(48)50-39(6,7)8)23-28-17-19-29(44)20-18-28/h9-20,30-31,33,44H,22-24H2,1-8H3,(H,41,45)(H,42,48). The fourth-order valence-corrected chi connectivity index (χ4v) is 5.44. The summed E-state index contributed by atoms with van der Waals surface area (Å²) in [5.41, 5.74) is 1.46.